The summed E-state index contributed by atoms with van der Waals surface area (Å²) in [6.07, 6.45) is 0.485. The molecule has 1 aliphatic rings. The number of hydrogen-bond donors (Lipinski definition) is 2. The summed E-state index contributed by atoms with van der Waals surface area (Å²) >= 11 is 0. The van der Waals surface area contributed by atoms with Crippen LogP contribution in [0.1, 0.15) is 27.2 Å². The third kappa shape index (κ3) is 1.14. The molecule has 1 aliphatic heterocycles. The molecule has 1 rings (SSSR count). The van der Waals surface area contributed by atoms with E-state index in [1.54, 1.807) is 6.92 Å². The molecule has 58 valence electrons. The minimum absolute atomic E-state index is 0.0718. The maximum absolute atomic E-state index is 11.0. The highest BCUT2D eigenvalue weighted by Crippen LogP contribution is 2.32. The molecule has 1 unspecified atom stereocenters. The van der Waals surface area contributed by atoms with Gasteiger partial charge in [-0.15, -0.1) is 0 Å². The Hall–Kier alpha value is -0.570. The van der Waals surface area contributed by atoms with Crippen LogP contribution >= 0.6 is 0 Å². The van der Waals surface area contributed by atoms with E-state index in [9.17, 15) is 9.90 Å². The molecule has 1 amide bonds. The van der Waals surface area contributed by atoms with Crippen molar-refractivity contribution in [3.8, 4) is 0 Å². The SMILES string of the molecule is CC1(O)CC(C)(C)C(=O)N1. The van der Waals surface area contributed by atoms with Crippen LogP contribution in [0, 0.1) is 5.41 Å². The number of rotatable bonds is 0. The number of hydrogen-bond acceptors (Lipinski definition) is 2. The van der Waals surface area contributed by atoms with Crippen LogP contribution in [0.25, 0.3) is 0 Å². The molecule has 2 N–H and O–H groups in total. The average molecular weight is 143 g/mol. The highest BCUT2D eigenvalue weighted by Gasteiger charge is 2.44. The van der Waals surface area contributed by atoms with Gasteiger partial charge >= 0.3 is 0 Å². The molecule has 3 heteroatoms. The highest BCUT2D eigenvalue weighted by molar-refractivity contribution is 5.84. The predicted molar refractivity (Wildman–Crippen MR) is 37.2 cm³/mol. The normalized spacial score (nSPS) is 37.8. The van der Waals surface area contributed by atoms with Crippen LogP contribution in [-0.2, 0) is 4.79 Å². The Labute approximate surface area is 60.4 Å². The lowest BCUT2D eigenvalue weighted by molar-refractivity contribution is -0.127. The van der Waals surface area contributed by atoms with Gasteiger partial charge in [-0.1, -0.05) is 13.8 Å². The van der Waals surface area contributed by atoms with Crippen LogP contribution in [0.15, 0.2) is 0 Å². The van der Waals surface area contributed by atoms with Gasteiger partial charge in [-0.2, -0.15) is 0 Å². The number of carbonyl (C=O) groups excluding carboxylic acids is 1. The molecule has 1 fully saturated rings. The minimum Gasteiger partial charge on any atom is -0.371 e. The van der Waals surface area contributed by atoms with Gasteiger partial charge in [0.25, 0.3) is 0 Å². The topological polar surface area (TPSA) is 49.3 Å². The number of aliphatic hydroxyl groups is 1. The second kappa shape index (κ2) is 1.72. The first kappa shape index (κ1) is 7.54. The molecule has 0 aromatic heterocycles. The van der Waals surface area contributed by atoms with Gasteiger partial charge in [-0.05, 0) is 6.92 Å². The second-order valence-electron chi connectivity index (χ2n) is 3.79. The fraction of sp³-hybridized carbons (Fsp3) is 0.857. The van der Waals surface area contributed by atoms with Crippen LogP contribution in [-0.4, -0.2) is 16.7 Å². The lowest BCUT2D eigenvalue weighted by Crippen LogP contribution is -2.37. The van der Waals surface area contributed by atoms with Crippen LogP contribution < -0.4 is 5.32 Å². The first-order chi connectivity index (χ1) is 4.33. The van der Waals surface area contributed by atoms with Crippen molar-refractivity contribution in [1.29, 1.82) is 0 Å². The van der Waals surface area contributed by atoms with E-state index in [0.29, 0.717) is 6.42 Å². The van der Waals surface area contributed by atoms with Crippen LogP contribution in [0.5, 0.6) is 0 Å². The first-order valence-electron chi connectivity index (χ1n) is 3.38. The van der Waals surface area contributed by atoms with E-state index >= 15 is 0 Å². The second-order valence-corrected chi connectivity index (χ2v) is 3.79. The zero-order chi connectivity index (χ0) is 7.99. The van der Waals surface area contributed by atoms with E-state index in [0.717, 1.165) is 0 Å². The van der Waals surface area contributed by atoms with E-state index in [1.807, 2.05) is 13.8 Å². The van der Waals surface area contributed by atoms with Crippen molar-refractivity contribution < 1.29 is 9.90 Å². The Morgan fingerprint density at radius 3 is 2.10 bits per heavy atom. The quantitative estimate of drug-likeness (QED) is 0.510. The fourth-order valence-electron chi connectivity index (χ4n) is 1.40. The average Bonchev–Trinajstić information content (AvgIpc) is 1.73. The summed E-state index contributed by atoms with van der Waals surface area (Å²) in [6.45, 7) is 5.26. The van der Waals surface area contributed by atoms with Gasteiger partial charge in [-0.3, -0.25) is 4.79 Å². The van der Waals surface area contributed by atoms with Crippen molar-refractivity contribution in [3.63, 3.8) is 0 Å². The van der Waals surface area contributed by atoms with E-state index < -0.39 is 11.1 Å². The van der Waals surface area contributed by atoms with Gasteiger partial charge in [-0.25, -0.2) is 0 Å². The Balaban J connectivity index is 2.81. The van der Waals surface area contributed by atoms with Crippen molar-refractivity contribution in [1.82, 2.24) is 5.32 Å². The number of nitrogens with one attached hydrogen (secondary N) is 1. The van der Waals surface area contributed by atoms with Crippen LogP contribution in [0.4, 0.5) is 0 Å². The summed E-state index contributed by atoms with van der Waals surface area (Å²) in [6, 6.07) is 0. The van der Waals surface area contributed by atoms with Gasteiger partial charge in [0, 0.05) is 11.8 Å². The van der Waals surface area contributed by atoms with E-state index in [1.165, 1.54) is 0 Å². The van der Waals surface area contributed by atoms with Crippen molar-refractivity contribution in [2.75, 3.05) is 0 Å². The standard InChI is InChI=1S/C7H13NO2/c1-6(2)4-7(3,10)8-5(6)9/h10H,4H2,1-3H3,(H,8,9). The monoisotopic (exact) mass is 143 g/mol. The summed E-state index contributed by atoms with van der Waals surface area (Å²) in [5.41, 5.74) is -1.41. The van der Waals surface area contributed by atoms with Crippen molar-refractivity contribution in [2.24, 2.45) is 5.41 Å². The zero-order valence-electron chi connectivity index (χ0n) is 6.56. The van der Waals surface area contributed by atoms with Crippen LogP contribution in [0.2, 0.25) is 0 Å². The molecule has 3 nitrogen and oxygen atoms in total. The van der Waals surface area contributed by atoms with E-state index in [4.69, 9.17) is 0 Å². The molecule has 0 spiro atoms. The summed E-state index contributed by atoms with van der Waals surface area (Å²) in [7, 11) is 0. The predicted octanol–water partition coefficient (Wildman–Crippen LogP) is 0.241. The molecule has 0 aliphatic carbocycles. The number of carbonyl (C=O) groups is 1. The fourth-order valence-corrected chi connectivity index (χ4v) is 1.40. The largest absolute Gasteiger partial charge is 0.371 e. The molecule has 0 bridgehead atoms. The third-order valence-corrected chi connectivity index (χ3v) is 1.78. The third-order valence-electron chi connectivity index (χ3n) is 1.78. The van der Waals surface area contributed by atoms with Gasteiger partial charge in [0.15, 0.2) is 0 Å². The molecule has 10 heavy (non-hydrogen) atoms. The Kier molecular flexibility index (Phi) is 1.30. The van der Waals surface area contributed by atoms with Crippen molar-refractivity contribution in [2.45, 2.75) is 32.9 Å². The molecule has 0 aromatic carbocycles. The summed E-state index contributed by atoms with van der Waals surface area (Å²) < 4.78 is 0. The van der Waals surface area contributed by atoms with Crippen molar-refractivity contribution in [3.05, 3.63) is 0 Å². The summed E-state index contributed by atoms with van der Waals surface area (Å²) in [5.74, 6) is -0.0718. The zero-order valence-corrected chi connectivity index (χ0v) is 6.56. The Morgan fingerprint density at radius 1 is 1.50 bits per heavy atom. The summed E-state index contributed by atoms with van der Waals surface area (Å²) in [4.78, 5) is 11.0. The van der Waals surface area contributed by atoms with Crippen molar-refractivity contribution >= 4 is 5.91 Å². The molecule has 1 saturated heterocycles. The lowest BCUT2D eigenvalue weighted by Gasteiger charge is -2.16. The van der Waals surface area contributed by atoms with Gasteiger partial charge in [0.05, 0.1) is 0 Å². The minimum atomic E-state index is -0.999. The van der Waals surface area contributed by atoms with Gasteiger partial charge < -0.3 is 10.4 Å². The Bertz CT molecular complexity index is 172. The molecule has 1 heterocycles. The number of amides is 1. The van der Waals surface area contributed by atoms with Gasteiger partial charge in [0.1, 0.15) is 5.72 Å². The maximum Gasteiger partial charge on any atom is 0.228 e. The molecule has 0 radical (unpaired) electrons. The molecule has 1 atom stereocenters. The summed E-state index contributed by atoms with van der Waals surface area (Å²) in [5, 5.41) is 11.9. The lowest BCUT2D eigenvalue weighted by atomic mass is 9.89. The van der Waals surface area contributed by atoms with E-state index in [2.05, 4.69) is 5.32 Å². The highest BCUT2D eigenvalue weighted by atomic mass is 16.3. The van der Waals surface area contributed by atoms with Gasteiger partial charge in [0.2, 0.25) is 5.91 Å². The molecule has 0 aromatic rings. The molecular formula is C7H13NO2. The Morgan fingerprint density at radius 2 is 2.00 bits per heavy atom. The maximum atomic E-state index is 11.0. The molecule has 0 saturated carbocycles. The smallest absolute Gasteiger partial charge is 0.228 e. The first-order valence-corrected chi connectivity index (χ1v) is 3.38. The van der Waals surface area contributed by atoms with Crippen LogP contribution in [0.3, 0.4) is 0 Å². The van der Waals surface area contributed by atoms with E-state index in [-0.39, 0.29) is 5.91 Å². The molecular weight excluding hydrogens is 130 g/mol.